The summed E-state index contributed by atoms with van der Waals surface area (Å²) in [4.78, 5) is 34.3. The smallest absolute Gasteiger partial charge is 0.312 e. The minimum atomic E-state index is -0.521. The third-order valence-electron chi connectivity index (χ3n) is 3.77. The van der Waals surface area contributed by atoms with E-state index in [1.165, 1.54) is 6.92 Å². The van der Waals surface area contributed by atoms with Crippen molar-refractivity contribution >= 4 is 17.7 Å². The van der Waals surface area contributed by atoms with Gasteiger partial charge in [-0.05, 0) is 26.2 Å². The second-order valence-corrected chi connectivity index (χ2v) is 5.88. The Morgan fingerprint density at radius 3 is 2.10 bits per heavy atom. The molecule has 0 radical (unpaired) electrons. The number of hydrogen-bond acceptors (Lipinski definition) is 5. The van der Waals surface area contributed by atoms with Crippen molar-refractivity contribution in [1.82, 2.24) is 0 Å². The molecule has 0 spiro atoms. The number of esters is 2. The number of Topliss-reactive ketones (excluding diaryl/α,β-unsaturated/α-hetero) is 1. The summed E-state index contributed by atoms with van der Waals surface area (Å²) in [5.74, 6) is -0.573. The lowest BCUT2D eigenvalue weighted by Gasteiger charge is -2.30. The fourth-order valence-corrected chi connectivity index (χ4v) is 1.92. The molecule has 21 heavy (non-hydrogen) atoms. The number of rotatable bonds is 10. The van der Waals surface area contributed by atoms with Crippen LogP contribution in [-0.2, 0) is 23.9 Å². The SMILES string of the molecule is CCCC(C)(C(=O)OCCC(=O)OCCC(C)=O)C(C)C. The molecule has 1 atom stereocenters. The van der Waals surface area contributed by atoms with E-state index in [0.717, 1.165) is 12.8 Å². The molecule has 0 aliphatic carbocycles. The van der Waals surface area contributed by atoms with Gasteiger partial charge < -0.3 is 9.47 Å². The highest BCUT2D eigenvalue weighted by molar-refractivity contribution is 5.77. The molecule has 0 heterocycles. The maximum atomic E-state index is 12.2. The summed E-state index contributed by atoms with van der Waals surface area (Å²) in [6.07, 6.45) is 1.89. The van der Waals surface area contributed by atoms with E-state index in [2.05, 4.69) is 0 Å². The van der Waals surface area contributed by atoms with Crippen molar-refractivity contribution in [2.75, 3.05) is 13.2 Å². The number of carbonyl (C=O) groups excluding carboxylic acids is 3. The molecule has 0 aliphatic rings. The minimum absolute atomic E-state index is 0.0176. The molecule has 0 aromatic carbocycles. The van der Waals surface area contributed by atoms with Crippen LogP contribution in [0.3, 0.4) is 0 Å². The molecule has 0 aromatic heterocycles. The number of ketones is 1. The van der Waals surface area contributed by atoms with Crippen LogP contribution in [0.4, 0.5) is 0 Å². The van der Waals surface area contributed by atoms with Gasteiger partial charge in [0.25, 0.3) is 0 Å². The van der Waals surface area contributed by atoms with Crippen molar-refractivity contribution in [3.63, 3.8) is 0 Å². The molecule has 0 aromatic rings. The molecule has 0 aliphatic heterocycles. The second kappa shape index (κ2) is 9.53. The highest BCUT2D eigenvalue weighted by Crippen LogP contribution is 2.33. The first-order chi connectivity index (χ1) is 9.74. The van der Waals surface area contributed by atoms with Gasteiger partial charge >= 0.3 is 11.9 Å². The normalized spacial score (nSPS) is 13.6. The minimum Gasteiger partial charge on any atom is -0.465 e. The van der Waals surface area contributed by atoms with Crippen LogP contribution in [0, 0.1) is 11.3 Å². The van der Waals surface area contributed by atoms with Crippen LogP contribution in [-0.4, -0.2) is 30.9 Å². The van der Waals surface area contributed by atoms with Crippen LogP contribution in [0.5, 0.6) is 0 Å². The standard InChI is InChI=1S/C16H28O5/c1-6-9-16(5,12(2)3)15(19)21-11-8-14(18)20-10-7-13(4)17/h12H,6-11H2,1-5H3. The van der Waals surface area contributed by atoms with Crippen LogP contribution < -0.4 is 0 Å². The van der Waals surface area contributed by atoms with Crippen LogP contribution in [0.1, 0.15) is 60.3 Å². The molecule has 122 valence electrons. The molecule has 0 saturated carbocycles. The van der Waals surface area contributed by atoms with Gasteiger partial charge in [-0.1, -0.05) is 27.2 Å². The molecule has 0 saturated heterocycles. The Morgan fingerprint density at radius 1 is 1.05 bits per heavy atom. The Hall–Kier alpha value is -1.39. The predicted octanol–water partition coefficient (Wildman–Crippen LogP) is 2.90. The molecule has 0 amide bonds. The molecule has 5 nitrogen and oxygen atoms in total. The van der Waals surface area contributed by atoms with Crippen LogP contribution in [0.25, 0.3) is 0 Å². The number of carbonyl (C=O) groups is 3. The van der Waals surface area contributed by atoms with Crippen LogP contribution in [0.2, 0.25) is 0 Å². The van der Waals surface area contributed by atoms with Crippen molar-refractivity contribution < 1.29 is 23.9 Å². The van der Waals surface area contributed by atoms with E-state index >= 15 is 0 Å². The Labute approximate surface area is 127 Å². The maximum Gasteiger partial charge on any atom is 0.312 e. The van der Waals surface area contributed by atoms with Gasteiger partial charge in [0.1, 0.15) is 12.4 Å². The van der Waals surface area contributed by atoms with Gasteiger partial charge in [-0.2, -0.15) is 0 Å². The van der Waals surface area contributed by atoms with Gasteiger partial charge in [-0.25, -0.2) is 0 Å². The Bertz CT molecular complexity index is 362. The van der Waals surface area contributed by atoms with Crippen molar-refractivity contribution in [3.8, 4) is 0 Å². The third kappa shape index (κ3) is 7.25. The van der Waals surface area contributed by atoms with E-state index in [0.29, 0.717) is 0 Å². The third-order valence-corrected chi connectivity index (χ3v) is 3.77. The maximum absolute atomic E-state index is 12.2. The Balaban J connectivity index is 4.12. The van der Waals surface area contributed by atoms with E-state index in [1.807, 2.05) is 27.7 Å². The summed E-state index contributed by atoms with van der Waals surface area (Å²) in [7, 11) is 0. The predicted molar refractivity (Wildman–Crippen MR) is 79.7 cm³/mol. The summed E-state index contributed by atoms with van der Waals surface area (Å²) in [6.45, 7) is 9.45. The summed E-state index contributed by atoms with van der Waals surface area (Å²) in [6, 6.07) is 0. The van der Waals surface area contributed by atoms with Gasteiger partial charge in [0, 0.05) is 6.42 Å². The molecule has 1 unspecified atom stereocenters. The molecule has 0 N–H and O–H groups in total. The van der Waals surface area contributed by atoms with Gasteiger partial charge in [-0.15, -0.1) is 0 Å². The first kappa shape index (κ1) is 19.6. The van der Waals surface area contributed by atoms with Crippen molar-refractivity contribution in [1.29, 1.82) is 0 Å². The second-order valence-electron chi connectivity index (χ2n) is 5.88. The Morgan fingerprint density at radius 2 is 1.62 bits per heavy atom. The molecular formula is C16H28O5. The summed E-state index contributed by atoms with van der Waals surface area (Å²) in [5.41, 5.74) is -0.521. The van der Waals surface area contributed by atoms with Crippen molar-refractivity contribution in [2.45, 2.75) is 60.3 Å². The fraction of sp³-hybridized carbons (Fsp3) is 0.812. The highest BCUT2D eigenvalue weighted by Gasteiger charge is 2.37. The lowest BCUT2D eigenvalue weighted by molar-refractivity contribution is -0.160. The van der Waals surface area contributed by atoms with E-state index in [-0.39, 0.29) is 43.7 Å². The quantitative estimate of drug-likeness (QED) is 0.580. The summed E-state index contributed by atoms with van der Waals surface area (Å²) >= 11 is 0. The zero-order valence-corrected chi connectivity index (χ0v) is 13.9. The largest absolute Gasteiger partial charge is 0.465 e. The first-order valence-electron chi connectivity index (χ1n) is 7.56. The number of ether oxygens (including phenoxy) is 2. The average Bonchev–Trinajstić information content (AvgIpc) is 2.37. The topological polar surface area (TPSA) is 69.7 Å². The molecule has 0 bridgehead atoms. The van der Waals surface area contributed by atoms with Gasteiger partial charge in [0.2, 0.25) is 0 Å². The van der Waals surface area contributed by atoms with Gasteiger partial charge in [-0.3, -0.25) is 14.4 Å². The monoisotopic (exact) mass is 300 g/mol. The summed E-state index contributed by atoms with van der Waals surface area (Å²) < 4.78 is 10.1. The molecular weight excluding hydrogens is 272 g/mol. The van der Waals surface area contributed by atoms with Gasteiger partial charge in [0.15, 0.2) is 0 Å². The Kier molecular flexibility index (Phi) is 8.90. The van der Waals surface area contributed by atoms with Gasteiger partial charge in [0.05, 0.1) is 18.4 Å². The van der Waals surface area contributed by atoms with E-state index < -0.39 is 11.4 Å². The zero-order chi connectivity index (χ0) is 16.5. The van der Waals surface area contributed by atoms with E-state index in [4.69, 9.17) is 9.47 Å². The van der Waals surface area contributed by atoms with Crippen LogP contribution >= 0.6 is 0 Å². The van der Waals surface area contributed by atoms with Crippen molar-refractivity contribution in [2.24, 2.45) is 11.3 Å². The first-order valence-corrected chi connectivity index (χ1v) is 7.56. The highest BCUT2D eigenvalue weighted by atomic mass is 16.5. The summed E-state index contributed by atoms with van der Waals surface area (Å²) in [5, 5.41) is 0. The molecule has 0 rings (SSSR count). The fourth-order valence-electron chi connectivity index (χ4n) is 1.92. The molecule has 0 fully saturated rings. The zero-order valence-electron chi connectivity index (χ0n) is 13.9. The lowest BCUT2D eigenvalue weighted by Crippen LogP contribution is -2.35. The lowest BCUT2D eigenvalue weighted by atomic mass is 9.75. The molecule has 5 heteroatoms. The average molecular weight is 300 g/mol. The van der Waals surface area contributed by atoms with E-state index in [1.54, 1.807) is 0 Å². The van der Waals surface area contributed by atoms with E-state index in [9.17, 15) is 14.4 Å². The van der Waals surface area contributed by atoms with Crippen molar-refractivity contribution in [3.05, 3.63) is 0 Å². The number of hydrogen-bond donors (Lipinski definition) is 0. The van der Waals surface area contributed by atoms with Crippen LogP contribution in [0.15, 0.2) is 0 Å².